The molecule has 3 aromatic rings. The molecule has 0 atom stereocenters. The maximum atomic E-state index is 13.8. The summed E-state index contributed by atoms with van der Waals surface area (Å²) in [6, 6.07) is 10.0. The Bertz CT molecular complexity index is 1030. The van der Waals surface area contributed by atoms with E-state index in [1.807, 2.05) is 19.9 Å². The first-order chi connectivity index (χ1) is 12.8. The lowest BCUT2D eigenvalue weighted by atomic mass is 9.90. The Morgan fingerprint density at radius 2 is 1.89 bits per heavy atom. The van der Waals surface area contributed by atoms with Crippen LogP contribution in [0.4, 0.5) is 4.39 Å². The highest BCUT2D eigenvalue weighted by Crippen LogP contribution is 2.38. The van der Waals surface area contributed by atoms with Gasteiger partial charge in [0.2, 0.25) is 0 Å². The standard InChI is InChI=1S/C22H22FNO3/c1-12(2)22-21(14-4-7-18(23)13(3)10-14)16-6-5-15(25)11-17(16)19(24-22)8-9-20(26)27/h4-7,10-12,25H,8-9H2,1-3H3,(H,26,27). The third kappa shape index (κ3) is 3.77. The van der Waals surface area contributed by atoms with Crippen LogP contribution in [0.5, 0.6) is 5.75 Å². The number of carboxylic acids is 1. The summed E-state index contributed by atoms with van der Waals surface area (Å²) >= 11 is 0. The Balaban J connectivity index is 2.34. The van der Waals surface area contributed by atoms with Crippen LogP contribution in [0.3, 0.4) is 0 Å². The van der Waals surface area contributed by atoms with E-state index in [2.05, 4.69) is 0 Å². The molecule has 1 heterocycles. The summed E-state index contributed by atoms with van der Waals surface area (Å²) in [5, 5.41) is 20.6. The third-order valence-corrected chi connectivity index (χ3v) is 4.66. The number of aromatic hydroxyl groups is 1. The summed E-state index contributed by atoms with van der Waals surface area (Å²) < 4.78 is 13.8. The molecule has 0 fully saturated rings. The molecule has 0 amide bonds. The van der Waals surface area contributed by atoms with E-state index in [0.717, 1.165) is 27.6 Å². The van der Waals surface area contributed by atoms with E-state index in [9.17, 15) is 14.3 Å². The molecule has 5 heteroatoms. The van der Waals surface area contributed by atoms with Gasteiger partial charge in [-0.25, -0.2) is 4.39 Å². The molecule has 2 N–H and O–H groups in total. The first kappa shape index (κ1) is 18.8. The molecule has 0 radical (unpaired) electrons. The van der Waals surface area contributed by atoms with E-state index < -0.39 is 5.97 Å². The molecule has 1 aromatic heterocycles. The van der Waals surface area contributed by atoms with E-state index in [4.69, 9.17) is 10.1 Å². The van der Waals surface area contributed by atoms with E-state index in [0.29, 0.717) is 11.3 Å². The Labute approximate surface area is 157 Å². The second kappa shape index (κ2) is 7.35. The summed E-state index contributed by atoms with van der Waals surface area (Å²) in [6.07, 6.45) is 0.238. The van der Waals surface area contributed by atoms with Crippen molar-refractivity contribution in [2.75, 3.05) is 0 Å². The highest BCUT2D eigenvalue weighted by atomic mass is 19.1. The van der Waals surface area contributed by atoms with Gasteiger partial charge < -0.3 is 10.2 Å². The quantitative estimate of drug-likeness (QED) is 0.651. The van der Waals surface area contributed by atoms with Gasteiger partial charge in [-0.1, -0.05) is 19.9 Å². The van der Waals surface area contributed by atoms with Gasteiger partial charge in [-0.05, 0) is 59.7 Å². The lowest BCUT2D eigenvalue weighted by Crippen LogP contribution is -2.06. The van der Waals surface area contributed by atoms with Gasteiger partial charge in [0.05, 0.1) is 12.1 Å². The first-order valence-electron chi connectivity index (χ1n) is 8.91. The number of hydrogen-bond acceptors (Lipinski definition) is 3. The number of carbonyl (C=O) groups is 1. The molecular weight excluding hydrogens is 345 g/mol. The average Bonchev–Trinajstić information content (AvgIpc) is 2.61. The maximum absolute atomic E-state index is 13.8. The fraction of sp³-hybridized carbons (Fsp3) is 0.273. The number of halogens is 1. The zero-order valence-corrected chi connectivity index (χ0v) is 15.6. The molecular formula is C22H22FNO3. The van der Waals surface area contributed by atoms with Gasteiger partial charge in [-0.15, -0.1) is 0 Å². The van der Waals surface area contributed by atoms with E-state index >= 15 is 0 Å². The smallest absolute Gasteiger partial charge is 0.303 e. The van der Waals surface area contributed by atoms with Crippen LogP contribution in [-0.4, -0.2) is 21.2 Å². The molecule has 3 rings (SSSR count). The molecule has 2 aromatic carbocycles. The number of carboxylic acid groups (broad SMARTS) is 1. The second-order valence-electron chi connectivity index (χ2n) is 7.06. The minimum atomic E-state index is -0.894. The number of fused-ring (bicyclic) bond motifs is 1. The van der Waals surface area contributed by atoms with Crippen LogP contribution in [0.15, 0.2) is 36.4 Å². The lowest BCUT2D eigenvalue weighted by molar-refractivity contribution is -0.136. The largest absolute Gasteiger partial charge is 0.508 e. The molecule has 140 valence electrons. The van der Waals surface area contributed by atoms with Crippen molar-refractivity contribution in [2.45, 2.75) is 39.5 Å². The molecule has 0 aliphatic rings. The van der Waals surface area contributed by atoms with Crippen molar-refractivity contribution in [3.8, 4) is 16.9 Å². The Morgan fingerprint density at radius 1 is 1.15 bits per heavy atom. The molecule has 0 aliphatic heterocycles. The van der Waals surface area contributed by atoms with Crippen LogP contribution in [0.1, 0.15) is 43.1 Å². The fourth-order valence-electron chi connectivity index (χ4n) is 3.33. The SMILES string of the molecule is Cc1cc(-c2c(C(C)C)nc(CCC(=O)O)c3cc(O)ccc23)ccc1F. The van der Waals surface area contributed by atoms with Gasteiger partial charge in [0.1, 0.15) is 11.6 Å². The molecule has 0 unspecified atom stereocenters. The molecule has 0 bridgehead atoms. The van der Waals surface area contributed by atoms with Crippen LogP contribution in [0, 0.1) is 12.7 Å². The maximum Gasteiger partial charge on any atom is 0.303 e. The minimum Gasteiger partial charge on any atom is -0.508 e. The molecule has 0 saturated carbocycles. The Kier molecular flexibility index (Phi) is 5.13. The van der Waals surface area contributed by atoms with Crippen molar-refractivity contribution >= 4 is 16.7 Å². The predicted molar refractivity (Wildman–Crippen MR) is 104 cm³/mol. The highest BCUT2D eigenvalue weighted by molar-refractivity contribution is 6.00. The molecule has 0 spiro atoms. The van der Waals surface area contributed by atoms with Crippen LogP contribution in [-0.2, 0) is 11.2 Å². The summed E-state index contributed by atoms with van der Waals surface area (Å²) in [7, 11) is 0. The number of aryl methyl sites for hydroxylation is 2. The van der Waals surface area contributed by atoms with Crippen molar-refractivity contribution in [1.82, 2.24) is 4.98 Å². The van der Waals surface area contributed by atoms with Crippen LogP contribution < -0.4 is 0 Å². The van der Waals surface area contributed by atoms with Crippen LogP contribution in [0.2, 0.25) is 0 Å². The highest BCUT2D eigenvalue weighted by Gasteiger charge is 2.19. The zero-order valence-electron chi connectivity index (χ0n) is 15.6. The lowest BCUT2D eigenvalue weighted by Gasteiger charge is -2.19. The van der Waals surface area contributed by atoms with E-state index in [-0.39, 0.29) is 30.3 Å². The normalized spacial score (nSPS) is 11.3. The number of aromatic nitrogens is 1. The van der Waals surface area contributed by atoms with Gasteiger partial charge in [-0.3, -0.25) is 9.78 Å². The topological polar surface area (TPSA) is 70.4 Å². The monoisotopic (exact) mass is 367 g/mol. The first-order valence-corrected chi connectivity index (χ1v) is 8.91. The number of benzene rings is 2. The molecule has 27 heavy (non-hydrogen) atoms. The summed E-state index contributed by atoms with van der Waals surface area (Å²) in [5.41, 5.74) is 3.77. The van der Waals surface area contributed by atoms with Crippen molar-refractivity contribution < 1.29 is 19.4 Å². The fourth-order valence-corrected chi connectivity index (χ4v) is 3.33. The van der Waals surface area contributed by atoms with Gasteiger partial charge >= 0.3 is 5.97 Å². The van der Waals surface area contributed by atoms with E-state index in [1.165, 1.54) is 6.07 Å². The Morgan fingerprint density at radius 3 is 2.52 bits per heavy atom. The number of aliphatic carboxylic acids is 1. The van der Waals surface area contributed by atoms with Gasteiger partial charge in [0, 0.05) is 23.1 Å². The summed E-state index contributed by atoms with van der Waals surface area (Å²) in [5.74, 6) is -0.973. The van der Waals surface area contributed by atoms with Crippen molar-refractivity contribution in [3.63, 3.8) is 0 Å². The number of phenols is 1. The molecule has 0 aliphatic carbocycles. The molecule has 4 nitrogen and oxygen atoms in total. The van der Waals surface area contributed by atoms with Crippen molar-refractivity contribution in [2.24, 2.45) is 0 Å². The molecule has 0 saturated heterocycles. The Hall–Kier alpha value is -2.95. The average molecular weight is 367 g/mol. The van der Waals surface area contributed by atoms with Crippen LogP contribution in [0.25, 0.3) is 21.9 Å². The van der Waals surface area contributed by atoms with Crippen molar-refractivity contribution in [3.05, 3.63) is 59.2 Å². The number of rotatable bonds is 5. The minimum absolute atomic E-state index is 0.0374. The van der Waals surface area contributed by atoms with Crippen molar-refractivity contribution in [1.29, 1.82) is 0 Å². The number of pyridine rings is 1. The third-order valence-electron chi connectivity index (χ3n) is 4.66. The number of hydrogen-bond donors (Lipinski definition) is 2. The summed E-state index contributed by atoms with van der Waals surface area (Å²) in [4.78, 5) is 15.8. The summed E-state index contributed by atoms with van der Waals surface area (Å²) in [6.45, 7) is 5.77. The number of phenolic OH excluding ortho intramolecular Hbond substituents is 1. The predicted octanol–water partition coefficient (Wildman–Crippen LogP) is 5.20. The van der Waals surface area contributed by atoms with Crippen LogP contribution >= 0.6 is 0 Å². The number of nitrogens with zero attached hydrogens (tertiary/aromatic N) is 1. The van der Waals surface area contributed by atoms with E-state index in [1.54, 1.807) is 31.2 Å². The zero-order chi connectivity index (χ0) is 19.7. The van der Waals surface area contributed by atoms with Gasteiger partial charge in [0.15, 0.2) is 0 Å². The van der Waals surface area contributed by atoms with Gasteiger partial charge in [-0.2, -0.15) is 0 Å². The second-order valence-corrected chi connectivity index (χ2v) is 7.06. The van der Waals surface area contributed by atoms with Gasteiger partial charge in [0.25, 0.3) is 0 Å².